The minimum absolute atomic E-state index is 0.00996. The van der Waals surface area contributed by atoms with Gasteiger partial charge in [0.05, 0.1) is 5.92 Å². The lowest BCUT2D eigenvalue weighted by molar-refractivity contribution is -0.156. The lowest BCUT2D eigenvalue weighted by atomic mass is 9.77. The average Bonchev–Trinajstić information content (AvgIpc) is 3.14. The minimum atomic E-state index is -0.846. The van der Waals surface area contributed by atoms with Crippen molar-refractivity contribution in [1.82, 2.24) is 10.2 Å². The van der Waals surface area contributed by atoms with Crippen molar-refractivity contribution in [3.63, 3.8) is 0 Å². The Kier molecular flexibility index (Phi) is 6.26. The Hall–Kier alpha value is -3.35. The van der Waals surface area contributed by atoms with E-state index < -0.39 is 18.0 Å². The molecular weight excluding hydrogens is 432 g/mol. The molecule has 1 saturated carbocycles. The Labute approximate surface area is 199 Å². The molecule has 2 N–H and O–H groups in total. The number of benzene rings is 2. The summed E-state index contributed by atoms with van der Waals surface area (Å²) in [6, 6.07) is 16.4. The molecule has 7 nitrogen and oxygen atoms in total. The second-order valence-corrected chi connectivity index (χ2v) is 9.64. The van der Waals surface area contributed by atoms with Crippen molar-refractivity contribution in [3.8, 4) is 11.1 Å². The average molecular weight is 463 g/mol. The fraction of sp³-hybridized carbons (Fsp3) is 0.444. The van der Waals surface area contributed by atoms with Crippen molar-refractivity contribution in [2.75, 3.05) is 26.2 Å². The highest BCUT2D eigenvalue weighted by molar-refractivity contribution is 5.83. The lowest BCUT2D eigenvalue weighted by Crippen LogP contribution is -2.56. The molecule has 2 aromatic rings. The molecule has 3 aliphatic rings. The minimum Gasteiger partial charge on any atom is -0.481 e. The summed E-state index contributed by atoms with van der Waals surface area (Å²) in [4.78, 5) is 38.2. The molecule has 2 aromatic carbocycles. The Morgan fingerprint density at radius 1 is 0.941 bits per heavy atom. The number of rotatable bonds is 6. The molecule has 34 heavy (non-hydrogen) atoms. The Morgan fingerprint density at radius 3 is 2.21 bits per heavy atom. The van der Waals surface area contributed by atoms with Crippen molar-refractivity contribution in [3.05, 3.63) is 59.7 Å². The standard InChI is InChI=1S/C27H30N2O5/c30-25(29-14-18(15-29)26(31)32)19-8-2-1-7-17(19)13-28-27(33)34-16-24-22-11-5-3-9-20(22)21-10-4-6-12-23(21)24/h3-6,9-12,17-19,24H,1-2,7-8,13-16H2,(H,28,33)(H,31,32)/t17-,19-/m1/s1. The van der Waals surface area contributed by atoms with Crippen molar-refractivity contribution in [2.45, 2.75) is 31.6 Å². The Morgan fingerprint density at radius 2 is 1.56 bits per heavy atom. The van der Waals surface area contributed by atoms with E-state index in [0.29, 0.717) is 6.54 Å². The van der Waals surface area contributed by atoms with Gasteiger partial charge < -0.3 is 20.1 Å². The van der Waals surface area contributed by atoms with Gasteiger partial charge in [-0.3, -0.25) is 9.59 Å². The van der Waals surface area contributed by atoms with E-state index in [0.717, 1.165) is 25.7 Å². The molecule has 1 aliphatic heterocycles. The van der Waals surface area contributed by atoms with Gasteiger partial charge in [-0.2, -0.15) is 0 Å². The highest BCUT2D eigenvalue weighted by Crippen LogP contribution is 2.44. The number of aliphatic carboxylic acids is 1. The van der Waals surface area contributed by atoms with Crippen LogP contribution < -0.4 is 5.32 Å². The molecule has 178 valence electrons. The first kappa shape index (κ1) is 22.4. The number of nitrogens with one attached hydrogen (secondary N) is 1. The third kappa shape index (κ3) is 4.27. The van der Waals surface area contributed by atoms with E-state index in [9.17, 15) is 14.4 Å². The number of hydrogen-bond acceptors (Lipinski definition) is 4. The maximum Gasteiger partial charge on any atom is 0.407 e. The van der Waals surface area contributed by atoms with Crippen molar-refractivity contribution < 1.29 is 24.2 Å². The van der Waals surface area contributed by atoms with Crippen molar-refractivity contribution >= 4 is 18.0 Å². The van der Waals surface area contributed by atoms with E-state index in [2.05, 4.69) is 29.6 Å². The van der Waals surface area contributed by atoms with Crippen molar-refractivity contribution in [1.29, 1.82) is 0 Å². The number of fused-ring (bicyclic) bond motifs is 3. The lowest BCUT2D eigenvalue weighted by Gasteiger charge is -2.41. The van der Waals surface area contributed by atoms with Gasteiger partial charge in [0, 0.05) is 31.5 Å². The van der Waals surface area contributed by atoms with E-state index in [1.54, 1.807) is 4.90 Å². The topological polar surface area (TPSA) is 95.9 Å². The summed E-state index contributed by atoms with van der Waals surface area (Å²) in [5, 5.41) is 12.0. The van der Waals surface area contributed by atoms with Crippen LogP contribution in [0.5, 0.6) is 0 Å². The van der Waals surface area contributed by atoms with E-state index in [1.807, 2.05) is 24.3 Å². The number of carboxylic acids is 1. The molecule has 1 saturated heterocycles. The first-order valence-corrected chi connectivity index (χ1v) is 12.1. The van der Waals surface area contributed by atoms with E-state index >= 15 is 0 Å². The summed E-state index contributed by atoms with van der Waals surface area (Å²) >= 11 is 0. The quantitative estimate of drug-likeness (QED) is 0.679. The number of likely N-dealkylation sites (tertiary alicyclic amines) is 1. The molecule has 0 bridgehead atoms. The number of amides is 2. The molecule has 0 aromatic heterocycles. The van der Waals surface area contributed by atoms with Crippen LogP contribution in [0.25, 0.3) is 11.1 Å². The molecular formula is C27H30N2O5. The molecule has 2 aliphatic carbocycles. The number of carbonyl (C=O) groups is 3. The zero-order valence-corrected chi connectivity index (χ0v) is 19.1. The third-order valence-corrected chi connectivity index (χ3v) is 7.62. The first-order chi connectivity index (χ1) is 16.5. The van der Waals surface area contributed by atoms with Crippen LogP contribution in [-0.4, -0.2) is 54.2 Å². The van der Waals surface area contributed by atoms with Gasteiger partial charge in [0.1, 0.15) is 6.61 Å². The van der Waals surface area contributed by atoms with E-state index in [1.165, 1.54) is 22.3 Å². The molecule has 0 unspecified atom stereocenters. The third-order valence-electron chi connectivity index (χ3n) is 7.62. The number of nitrogens with zero attached hydrogens (tertiary/aromatic N) is 1. The molecule has 0 radical (unpaired) electrons. The largest absolute Gasteiger partial charge is 0.481 e. The van der Waals surface area contributed by atoms with E-state index in [-0.39, 0.29) is 43.4 Å². The molecule has 1 heterocycles. The molecule has 2 fully saturated rings. The number of carboxylic acid groups (broad SMARTS) is 1. The second kappa shape index (κ2) is 9.49. The van der Waals surface area contributed by atoms with Gasteiger partial charge in [-0.25, -0.2) is 4.79 Å². The summed E-state index contributed by atoms with van der Waals surface area (Å²) in [6.07, 6.45) is 3.20. The normalized spacial score (nSPS) is 21.8. The fourth-order valence-electron chi connectivity index (χ4n) is 5.69. The summed E-state index contributed by atoms with van der Waals surface area (Å²) < 4.78 is 5.64. The van der Waals surface area contributed by atoms with Crippen LogP contribution in [0.3, 0.4) is 0 Å². The molecule has 2 amide bonds. The highest BCUT2D eigenvalue weighted by Gasteiger charge is 2.41. The van der Waals surface area contributed by atoms with Crippen LogP contribution in [0.4, 0.5) is 4.79 Å². The zero-order valence-electron chi connectivity index (χ0n) is 19.1. The van der Waals surface area contributed by atoms with Gasteiger partial charge in [-0.15, -0.1) is 0 Å². The number of alkyl carbamates (subject to hydrolysis) is 1. The molecule has 5 rings (SSSR count). The SMILES string of the molecule is O=C(NC[C@H]1CCCC[C@H]1C(=O)N1CC(C(=O)O)C1)OCC1c2ccccc2-c2ccccc21. The van der Waals surface area contributed by atoms with Gasteiger partial charge in [0.25, 0.3) is 0 Å². The molecule has 2 atom stereocenters. The summed E-state index contributed by atoms with van der Waals surface area (Å²) in [5.41, 5.74) is 4.71. The van der Waals surface area contributed by atoms with Crippen LogP contribution in [-0.2, 0) is 14.3 Å². The number of hydrogen-bond donors (Lipinski definition) is 2. The number of carbonyl (C=O) groups excluding carboxylic acids is 2. The van der Waals surface area contributed by atoms with E-state index in [4.69, 9.17) is 9.84 Å². The van der Waals surface area contributed by atoms with Crippen LogP contribution in [0, 0.1) is 17.8 Å². The summed E-state index contributed by atoms with van der Waals surface area (Å²) in [6.45, 7) is 1.23. The zero-order chi connectivity index (χ0) is 23.7. The van der Waals surface area contributed by atoms with Crippen LogP contribution in [0.1, 0.15) is 42.7 Å². The Balaban J connectivity index is 1.16. The predicted molar refractivity (Wildman–Crippen MR) is 126 cm³/mol. The maximum absolute atomic E-state index is 12.9. The van der Waals surface area contributed by atoms with Crippen LogP contribution in [0.15, 0.2) is 48.5 Å². The van der Waals surface area contributed by atoms with Gasteiger partial charge in [0.15, 0.2) is 0 Å². The summed E-state index contributed by atoms with van der Waals surface area (Å²) in [7, 11) is 0. The fourth-order valence-corrected chi connectivity index (χ4v) is 5.69. The van der Waals surface area contributed by atoms with Gasteiger partial charge in [-0.05, 0) is 41.0 Å². The first-order valence-electron chi connectivity index (χ1n) is 12.1. The highest BCUT2D eigenvalue weighted by atomic mass is 16.5. The Bertz CT molecular complexity index is 1050. The van der Waals surface area contributed by atoms with Crippen LogP contribution in [0.2, 0.25) is 0 Å². The smallest absolute Gasteiger partial charge is 0.407 e. The molecule has 7 heteroatoms. The molecule has 0 spiro atoms. The predicted octanol–water partition coefficient (Wildman–Crippen LogP) is 3.87. The van der Waals surface area contributed by atoms with Crippen molar-refractivity contribution in [2.24, 2.45) is 17.8 Å². The van der Waals surface area contributed by atoms with Gasteiger partial charge in [-0.1, -0.05) is 61.4 Å². The second-order valence-electron chi connectivity index (χ2n) is 9.64. The summed E-state index contributed by atoms with van der Waals surface area (Å²) in [5.74, 6) is -1.39. The number of ether oxygens (including phenoxy) is 1. The van der Waals surface area contributed by atoms with Crippen LogP contribution >= 0.6 is 0 Å². The maximum atomic E-state index is 12.9. The van der Waals surface area contributed by atoms with Gasteiger partial charge in [0.2, 0.25) is 5.91 Å². The van der Waals surface area contributed by atoms with Gasteiger partial charge >= 0.3 is 12.1 Å². The monoisotopic (exact) mass is 462 g/mol.